The van der Waals surface area contributed by atoms with Gasteiger partial charge in [0.15, 0.2) is 0 Å². The Bertz CT molecular complexity index is 452. The zero-order valence-corrected chi connectivity index (χ0v) is 11.4. The summed E-state index contributed by atoms with van der Waals surface area (Å²) in [4.78, 5) is 12.2. The fourth-order valence-electron chi connectivity index (χ4n) is 1.89. The molecule has 2 N–H and O–H groups in total. The SMILES string of the molecule is Cc1c(N)n(C(C)(C)C)n(C(C)(C)C)c1=O. The molecule has 1 aromatic rings. The van der Waals surface area contributed by atoms with E-state index in [1.807, 2.05) is 46.2 Å². The van der Waals surface area contributed by atoms with Gasteiger partial charge < -0.3 is 5.73 Å². The first-order valence-corrected chi connectivity index (χ1v) is 5.59. The van der Waals surface area contributed by atoms with E-state index < -0.39 is 0 Å². The summed E-state index contributed by atoms with van der Waals surface area (Å²) in [6.45, 7) is 13.9. The van der Waals surface area contributed by atoms with Crippen LogP contribution < -0.4 is 11.3 Å². The summed E-state index contributed by atoms with van der Waals surface area (Å²) in [6.07, 6.45) is 0. The molecule has 1 heterocycles. The van der Waals surface area contributed by atoms with Crippen molar-refractivity contribution >= 4 is 5.82 Å². The number of hydrogen-bond acceptors (Lipinski definition) is 2. The molecule has 0 unspecified atom stereocenters. The van der Waals surface area contributed by atoms with Crippen LogP contribution in [0.4, 0.5) is 5.82 Å². The molecule has 92 valence electrons. The van der Waals surface area contributed by atoms with E-state index in [1.54, 1.807) is 11.6 Å². The van der Waals surface area contributed by atoms with Crippen LogP contribution in [0.25, 0.3) is 0 Å². The summed E-state index contributed by atoms with van der Waals surface area (Å²) < 4.78 is 3.64. The Labute approximate surface area is 97.0 Å². The van der Waals surface area contributed by atoms with Crippen LogP contribution in [0.2, 0.25) is 0 Å². The van der Waals surface area contributed by atoms with Gasteiger partial charge in [0.1, 0.15) is 5.82 Å². The predicted octanol–water partition coefficient (Wildman–Crippen LogP) is 2.05. The van der Waals surface area contributed by atoms with Gasteiger partial charge in [-0.15, -0.1) is 0 Å². The summed E-state index contributed by atoms with van der Waals surface area (Å²) in [6, 6.07) is 0. The van der Waals surface area contributed by atoms with Crippen LogP contribution in [-0.4, -0.2) is 9.36 Å². The fourth-order valence-corrected chi connectivity index (χ4v) is 1.89. The van der Waals surface area contributed by atoms with Crippen LogP contribution >= 0.6 is 0 Å². The van der Waals surface area contributed by atoms with Gasteiger partial charge in [0.25, 0.3) is 5.56 Å². The molecule has 0 spiro atoms. The highest BCUT2D eigenvalue weighted by Crippen LogP contribution is 2.24. The first-order chi connectivity index (χ1) is 6.98. The predicted molar refractivity (Wildman–Crippen MR) is 67.8 cm³/mol. The maximum atomic E-state index is 12.2. The molecule has 16 heavy (non-hydrogen) atoms. The van der Waals surface area contributed by atoms with Crippen LogP contribution in [0.5, 0.6) is 0 Å². The molecule has 0 amide bonds. The van der Waals surface area contributed by atoms with Crippen molar-refractivity contribution in [1.82, 2.24) is 9.36 Å². The number of anilines is 1. The Morgan fingerprint density at radius 1 is 0.938 bits per heavy atom. The average Bonchev–Trinajstić information content (AvgIpc) is 2.27. The molecule has 0 aliphatic carbocycles. The average molecular weight is 225 g/mol. The van der Waals surface area contributed by atoms with Gasteiger partial charge in [0, 0.05) is 0 Å². The van der Waals surface area contributed by atoms with Crippen LogP contribution in [0.3, 0.4) is 0 Å². The summed E-state index contributed by atoms with van der Waals surface area (Å²) in [7, 11) is 0. The third-order valence-electron chi connectivity index (χ3n) is 2.60. The highest BCUT2D eigenvalue weighted by molar-refractivity contribution is 5.39. The molecule has 0 aliphatic rings. The van der Waals surface area contributed by atoms with Crippen LogP contribution in [-0.2, 0) is 11.1 Å². The van der Waals surface area contributed by atoms with Gasteiger partial charge in [-0.25, -0.2) is 4.68 Å². The van der Waals surface area contributed by atoms with Gasteiger partial charge in [-0.2, -0.15) is 0 Å². The third-order valence-corrected chi connectivity index (χ3v) is 2.60. The minimum atomic E-state index is -0.271. The lowest BCUT2D eigenvalue weighted by molar-refractivity contribution is 0.216. The maximum Gasteiger partial charge on any atom is 0.272 e. The van der Waals surface area contributed by atoms with E-state index in [-0.39, 0.29) is 16.6 Å². The lowest BCUT2D eigenvalue weighted by atomic mass is 10.1. The molecule has 0 radical (unpaired) electrons. The van der Waals surface area contributed by atoms with Crippen LogP contribution in [0, 0.1) is 6.92 Å². The zero-order chi connectivity index (χ0) is 12.9. The second kappa shape index (κ2) is 3.40. The Balaban J connectivity index is 3.73. The van der Waals surface area contributed by atoms with Crippen molar-refractivity contribution < 1.29 is 0 Å². The van der Waals surface area contributed by atoms with E-state index >= 15 is 0 Å². The van der Waals surface area contributed by atoms with Crippen molar-refractivity contribution in [1.29, 1.82) is 0 Å². The van der Waals surface area contributed by atoms with Crippen molar-refractivity contribution in [3.8, 4) is 0 Å². The first-order valence-electron chi connectivity index (χ1n) is 5.59. The van der Waals surface area contributed by atoms with E-state index in [9.17, 15) is 4.79 Å². The number of nitrogens with zero attached hydrogens (tertiary/aromatic N) is 2. The number of hydrogen-bond donors (Lipinski definition) is 1. The third kappa shape index (κ3) is 1.88. The molecule has 1 aromatic heterocycles. The van der Waals surface area contributed by atoms with Crippen LogP contribution in [0.1, 0.15) is 47.1 Å². The van der Waals surface area contributed by atoms with Gasteiger partial charge >= 0.3 is 0 Å². The van der Waals surface area contributed by atoms with E-state index in [2.05, 4.69) is 0 Å². The van der Waals surface area contributed by atoms with Crippen molar-refractivity contribution in [3.05, 3.63) is 15.9 Å². The van der Waals surface area contributed by atoms with Gasteiger partial charge in [-0.1, -0.05) is 0 Å². The molecule has 4 heteroatoms. The topological polar surface area (TPSA) is 52.9 Å². The molecule has 1 rings (SSSR count). The molecule has 0 bridgehead atoms. The Kier molecular flexibility index (Phi) is 2.74. The molecular weight excluding hydrogens is 202 g/mol. The largest absolute Gasteiger partial charge is 0.384 e. The second-order valence-electron chi connectivity index (χ2n) is 6.28. The number of aromatic nitrogens is 2. The highest BCUT2D eigenvalue weighted by Gasteiger charge is 2.29. The van der Waals surface area contributed by atoms with E-state index in [1.165, 1.54) is 0 Å². The number of nitrogen functional groups attached to an aromatic ring is 1. The Morgan fingerprint density at radius 3 is 1.56 bits per heavy atom. The summed E-state index contributed by atoms with van der Waals surface area (Å²) in [5, 5.41) is 0. The molecule has 0 aromatic carbocycles. The maximum absolute atomic E-state index is 12.2. The summed E-state index contributed by atoms with van der Waals surface area (Å²) in [5.74, 6) is 0.562. The molecule has 0 fully saturated rings. The summed E-state index contributed by atoms with van der Waals surface area (Å²) >= 11 is 0. The van der Waals surface area contributed by atoms with E-state index in [0.29, 0.717) is 11.4 Å². The lowest BCUT2D eigenvalue weighted by Crippen LogP contribution is -2.42. The van der Waals surface area contributed by atoms with Gasteiger partial charge in [0.2, 0.25) is 0 Å². The van der Waals surface area contributed by atoms with Gasteiger partial charge in [0.05, 0.1) is 16.6 Å². The highest BCUT2D eigenvalue weighted by atomic mass is 16.1. The van der Waals surface area contributed by atoms with Crippen LogP contribution in [0.15, 0.2) is 4.79 Å². The molecule has 4 nitrogen and oxygen atoms in total. The molecule has 0 aliphatic heterocycles. The molecule has 0 saturated carbocycles. The normalized spacial score (nSPS) is 13.2. The number of rotatable bonds is 0. The van der Waals surface area contributed by atoms with Crippen molar-refractivity contribution in [2.75, 3.05) is 5.73 Å². The zero-order valence-electron chi connectivity index (χ0n) is 11.4. The quantitative estimate of drug-likeness (QED) is 0.734. The molecular formula is C12H23N3O. The Hall–Kier alpha value is -1.19. The Morgan fingerprint density at radius 2 is 1.31 bits per heavy atom. The molecule has 0 saturated heterocycles. The van der Waals surface area contributed by atoms with E-state index in [4.69, 9.17) is 5.73 Å². The van der Waals surface area contributed by atoms with Crippen molar-refractivity contribution in [2.45, 2.75) is 59.5 Å². The second-order valence-corrected chi connectivity index (χ2v) is 6.28. The number of nitrogens with two attached hydrogens (primary N) is 1. The fraction of sp³-hybridized carbons (Fsp3) is 0.750. The van der Waals surface area contributed by atoms with Gasteiger partial charge in [-0.3, -0.25) is 9.48 Å². The monoisotopic (exact) mass is 225 g/mol. The first kappa shape index (κ1) is 12.9. The standard InChI is InChI=1S/C12H23N3O/c1-8-9(13)14(11(2,3)4)15(10(8)16)12(5,6)7/h13H2,1-7H3. The summed E-state index contributed by atoms with van der Waals surface area (Å²) in [5.41, 5.74) is 6.18. The minimum absolute atomic E-state index is 0.0000694. The molecule has 0 atom stereocenters. The van der Waals surface area contributed by atoms with Crippen molar-refractivity contribution in [3.63, 3.8) is 0 Å². The lowest BCUT2D eigenvalue weighted by Gasteiger charge is -2.32. The minimum Gasteiger partial charge on any atom is -0.384 e. The van der Waals surface area contributed by atoms with Crippen molar-refractivity contribution in [2.24, 2.45) is 0 Å². The van der Waals surface area contributed by atoms with Gasteiger partial charge in [-0.05, 0) is 48.5 Å². The van der Waals surface area contributed by atoms with E-state index in [0.717, 1.165) is 0 Å². The smallest absolute Gasteiger partial charge is 0.272 e.